The molecule has 1 saturated heterocycles. The monoisotopic (exact) mass is 443 g/mol. The molecule has 2 aliphatic heterocycles. The second-order valence-corrected chi connectivity index (χ2v) is 7.87. The highest BCUT2D eigenvalue weighted by Gasteiger charge is 2.24. The third-order valence-electron chi connectivity index (χ3n) is 6.07. The van der Waals surface area contributed by atoms with Gasteiger partial charge in [0.05, 0.1) is 40.0 Å². The molecule has 10 heteroatoms. The van der Waals surface area contributed by atoms with E-state index < -0.39 is 0 Å². The average molecular weight is 444 g/mol. The van der Waals surface area contributed by atoms with Gasteiger partial charge in [0.2, 0.25) is 0 Å². The van der Waals surface area contributed by atoms with Crippen molar-refractivity contribution in [2.75, 3.05) is 54.1 Å². The quantitative estimate of drug-likeness (QED) is 0.460. The summed E-state index contributed by atoms with van der Waals surface area (Å²) in [4.78, 5) is 6.83. The van der Waals surface area contributed by atoms with E-state index in [1.807, 2.05) is 6.07 Å². The van der Waals surface area contributed by atoms with E-state index in [4.69, 9.17) is 14.2 Å². The first kappa shape index (κ1) is 22.3. The summed E-state index contributed by atoms with van der Waals surface area (Å²) in [6.45, 7) is 5.48. The van der Waals surface area contributed by atoms with E-state index in [2.05, 4.69) is 47.4 Å². The number of aryl methyl sites for hydroxylation is 1. The summed E-state index contributed by atoms with van der Waals surface area (Å²) in [5.41, 5.74) is 1.16. The van der Waals surface area contributed by atoms with Gasteiger partial charge < -0.3 is 29.4 Å². The summed E-state index contributed by atoms with van der Waals surface area (Å²) in [6.07, 6.45) is 2.14. The summed E-state index contributed by atoms with van der Waals surface area (Å²) in [5.74, 6) is 4.21. The molecule has 1 atom stereocenters. The van der Waals surface area contributed by atoms with Crippen LogP contribution in [0.2, 0.25) is 0 Å². The summed E-state index contributed by atoms with van der Waals surface area (Å²) in [5, 5.41) is 15.5. The lowest BCUT2D eigenvalue weighted by atomic mass is 10.0. The highest BCUT2D eigenvalue weighted by atomic mass is 16.5. The Balaban J connectivity index is 1.44. The average Bonchev–Trinajstić information content (AvgIpc) is 3.46. The fraction of sp³-hybridized carbons (Fsp3) is 0.591. The Hall–Kier alpha value is -2.85. The van der Waals surface area contributed by atoms with E-state index in [1.165, 1.54) is 0 Å². The first-order valence-corrected chi connectivity index (χ1v) is 11.1. The van der Waals surface area contributed by atoms with E-state index in [-0.39, 0.29) is 6.04 Å². The van der Waals surface area contributed by atoms with Crippen molar-refractivity contribution in [3.8, 4) is 11.5 Å². The number of nitrogens with zero attached hydrogens (tertiary/aromatic N) is 5. The number of nitrogens with one attached hydrogen (secondary N) is 2. The Morgan fingerprint density at radius 1 is 1.12 bits per heavy atom. The van der Waals surface area contributed by atoms with Crippen molar-refractivity contribution in [1.29, 1.82) is 0 Å². The van der Waals surface area contributed by atoms with Gasteiger partial charge in [0, 0.05) is 39.6 Å². The number of rotatable bonds is 8. The minimum Gasteiger partial charge on any atom is -0.493 e. The van der Waals surface area contributed by atoms with Gasteiger partial charge in [-0.15, -0.1) is 10.2 Å². The third-order valence-corrected chi connectivity index (χ3v) is 6.07. The van der Waals surface area contributed by atoms with E-state index in [0.717, 1.165) is 80.4 Å². The molecule has 2 N–H and O–H groups in total. The number of hydrogen-bond donors (Lipinski definition) is 2. The van der Waals surface area contributed by atoms with Crippen LogP contribution in [-0.4, -0.2) is 79.7 Å². The molecule has 0 radical (unpaired) electrons. The van der Waals surface area contributed by atoms with Crippen LogP contribution in [0.25, 0.3) is 0 Å². The number of hydrogen-bond acceptors (Lipinski definition) is 7. The molecule has 1 aromatic heterocycles. The molecular formula is C22H33N7O3. The maximum Gasteiger partial charge on any atom is 0.191 e. The minimum atomic E-state index is 0.134. The van der Waals surface area contributed by atoms with Crippen LogP contribution in [0.3, 0.4) is 0 Å². The second kappa shape index (κ2) is 10.6. The highest BCUT2D eigenvalue weighted by Crippen LogP contribution is 2.32. The van der Waals surface area contributed by atoms with Crippen molar-refractivity contribution in [3.05, 3.63) is 35.4 Å². The van der Waals surface area contributed by atoms with E-state index in [0.29, 0.717) is 13.1 Å². The maximum absolute atomic E-state index is 5.57. The summed E-state index contributed by atoms with van der Waals surface area (Å²) < 4.78 is 18.7. The number of morpholine rings is 1. The molecule has 2 aliphatic rings. The van der Waals surface area contributed by atoms with Crippen molar-refractivity contribution in [3.63, 3.8) is 0 Å². The van der Waals surface area contributed by atoms with Crippen LogP contribution in [0.5, 0.6) is 11.5 Å². The van der Waals surface area contributed by atoms with Gasteiger partial charge in [0.25, 0.3) is 0 Å². The molecule has 10 nitrogen and oxygen atoms in total. The molecule has 0 saturated carbocycles. The van der Waals surface area contributed by atoms with E-state index in [1.54, 1.807) is 21.3 Å². The Bertz CT molecular complexity index is 924. The van der Waals surface area contributed by atoms with Gasteiger partial charge in [0.15, 0.2) is 23.3 Å². The van der Waals surface area contributed by atoms with Crippen LogP contribution in [-0.2, 0) is 24.2 Å². The fourth-order valence-corrected chi connectivity index (χ4v) is 4.33. The molecule has 1 aromatic carbocycles. The van der Waals surface area contributed by atoms with Crippen molar-refractivity contribution in [2.45, 2.75) is 32.0 Å². The number of methoxy groups -OCH3 is 2. The predicted octanol–water partition coefficient (Wildman–Crippen LogP) is 0.980. The lowest BCUT2D eigenvalue weighted by Gasteiger charge is -2.35. The lowest BCUT2D eigenvalue weighted by Crippen LogP contribution is -2.46. The Kier molecular flexibility index (Phi) is 7.43. The molecule has 2 aromatic rings. The van der Waals surface area contributed by atoms with Crippen molar-refractivity contribution in [2.24, 2.45) is 4.99 Å². The Morgan fingerprint density at radius 2 is 1.94 bits per heavy atom. The standard InChI is InChI=1S/C22H33N7O3/c1-23-22(25-15-21-27-26-20-5-4-8-29(20)21)24-14-17(28-9-11-32-12-10-28)16-6-7-18(30-2)19(13-16)31-3/h6-7,13,17H,4-5,8-12,14-15H2,1-3H3,(H2,23,24,25). The van der Waals surface area contributed by atoms with Gasteiger partial charge >= 0.3 is 0 Å². The third kappa shape index (κ3) is 4.97. The number of guanidine groups is 1. The molecule has 0 bridgehead atoms. The Labute approximate surface area is 189 Å². The minimum absolute atomic E-state index is 0.134. The number of aliphatic imine (C=N–C) groups is 1. The number of fused-ring (bicyclic) bond motifs is 1. The first-order valence-electron chi connectivity index (χ1n) is 11.1. The fourth-order valence-electron chi connectivity index (χ4n) is 4.33. The smallest absolute Gasteiger partial charge is 0.191 e. The summed E-state index contributed by atoms with van der Waals surface area (Å²) >= 11 is 0. The van der Waals surface area contributed by atoms with Crippen LogP contribution in [0.1, 0.15) is 29.7 Å². The molecule has 1 unspecified atom stereocenters. The zero-order valence-electron chi connectivity index (χ0n) is 19.1. The number of aromatic nitrogens is 3. The molecule has 32 heavy (non-hydrogen) atoms. The maximum atomic E-state index is 5.57. The van der Waals surface area contributed by atoms with Crippen LogP contribution in [0.4, 0.5) is 0 Å². The molecular weight excluding hydrogens is 410 g/mol. The molecule has 0 amide bonds. The largest absolute Gasteiger partial charge is 0.493 e. The molecule has 4 rings (SSSR count). The zero-order valence-corrected chi connectivity index (χ0v) is 19.1. The molecule has 1 fully saturated rings. The first-order chi connectivity index (χ1) is 15.7. The SMILES string of the molecule is CN=C(NCc1nnc2n1CCC2)NCC(c1ccc(OC)c(OC)c1)N1CCOCC1. The lowest BCUT2D eigenvalue weighted by molar-refractivity contribution is 0.0169. The number of ether oxygens (including phenoxy) is 3. The van der Waals surface area contributed by atoms with Crippen LogP contribution >= 0.6 is 0 Å². The van der Waals surface area contributed by atoms with E-state index in [9.17, 15) is 0 Å². The van der Waals surface area contributed by atoms with Crippen LogP contribution < -0.4 is 20.1 Å². The van der Waals surface area contributed by atoms with Crippen molar-refractivity contribution >= 4 is 5.96 Å². The van der Waals surface area contributed by atoms with Crippen LogP contribution in [0.15, 0.2) is 23.2 Å². The van der Waals surface area contributed by atoms with Gasteiger partial charge in [-0.1, -0.05) is 6.07 Å². The van der Waals surface area contributed by atoms with E-state index >= 15 is 0 Å². The molecule has 0 aliphatic carbocycles. The summed E-state index contributed by atoms with van der Waals surface area (Å²) in [7, 11) is 5.10. The van der Waals surface area contributed by atoms with Gasteiger partial charge in [0.1, 0.15) is 5.82 Å². The Morgan fingerprint density at radius 3 is 2.69 bits per heavy atom. The van der Waals surface area contributed by atoms with Gasteiger partial charge in [-0.2, -0.15) is 0 Å². The predicted molar refractivity (Wildman–Crippen MR) is 121 cm³/mol. The van der Waals surface area contributed by atoms with Crippen molar-refractivity contribution < 1.29 is 14.2 Å². The second-order valence-electron chi connectivity index (χ2n) is 7.87. The molecule has 0 spiro atoms. The van der Waals surface area contributed by atoms with Gasteiger partial charge in [-0.25, -0.2) is 0 Å². The highest BCUT2D eigenvalue weighted by molar-refractivity contribution is 5.79. The summed E-state index contributed by atoms with van der Waals surface area (Å²) in [6, 6.07) is 6.24. The topological polar surface area (TPSA) is 98.1 Å². The molecule has 3 heterocycles. The van der Waals surface area contributed by atoms with Crippen molar-refractivity contribution in [1.82, 2.24) is 30.3 Å². The normalized spacial score (nSPS) is 17.7. The number of benzene rings is 1. The zero-order chi connectivity index (χ0) is 22.3. The van der Waals surface area contributed by atoms with Crippen LogP contribution in [0, 0.1) is 0 Å². The van der Waals surface area contributed by atoms with Gasteiger partial charge in [-0.05, 0) is 24.1 Å². The van der Waals surface area contributed by atoms with Gasteiger partial charge in [-0.3, -0.25) is 9.89 Å². The molecule has 174 valence electrons.